The lowest BCUT2D eigenvalue weighted by Crippen LogP contribution is -2.31. The predicted molar refractivity (Wildman–Crippen MR) is 124 cm³/mol. The van der Waals surface area contributed by atoms with Crippen molar-refractivity contribution >= 4 is 38.7 Å². The molecular formula is C25H24N4O2. The second-order valence-electron chi connectivity index (χ2n) is 7.58. The van der Waals surface area contributed by atoms with E-state index in [2.05, 4.69) is 11.2 Å². The van der Waals surface area contributed by atoms with Crippen molar-refractivity contribution in [2.75, 3.05) is 33.8 Å². The van der Waals surface area contributed by atoms with Gasteiger partial charge in [0.2, 0.25) is 0 Å². The van der Waals surface area contributed by atoms with Crippen LogP contribution in [-0.4, -0.2) is 54.6 Å². The molecule has 0 aliphatic heterocycles. The summed E-state index contributed by atoms with van der Waals surface area (Å²) in [6.07, 6.45) is 5.84. The Labute approximate surface area is 181 Å². The smallest absolute Gasteiger partial charge is 0.253 e. The van der Waals surface area contributed by atoms with Gasteiger partial charge in [0.15, 0.2) is 0 Å². The molecule has 6 nitrogen and oxygen atoms in total. The minimum Gasteiger partial charge on any atom is -0.493 e. The molecule has 4 rings (SSSR count). The lowest BCUT2D eigenvalue weighted by molar-refractivity contribution is 0.0952. The Morgan fingerprint density at radius 1 is 1.10 bits per heavy atom. The summed E-state index contributed by atoms with van der Waals surface area (Å²) in [5, 5.41) is 4.78. The van der Waals surface area contributed by atoms with E-state index in [1.54, 1.807) is 0 Å². The summed E-state index contributed by atoms with van der Waals surface area (Å²) in [6.45, 7) is 1.73. The summed E-state index contributed by atoms with van der Waals surface area (Å²) >= 11 is 0. The summed E-state index contributed by atoms with van der Waals surface area (Å²) in [5.74, 6) is 3.10. The van der Waals surface area contributed by atoms with Crippen molar-refractivity contribution in [1.29, 1.82) is 0 Å². The molecule has 4 aromatic rings. The normalized spacial score (nSPS) is 11.2. The first-order valence-electron chi connectivity index (χ1n) is 10.2. The molecule has 1 amide bonds. The number of carbonyl (C=O) groups excluding carboxylic acids is 1. The summed E-state index contributed by atoms with van der Waals surface area (Å²) < 4.78 is 5.74. The topological polar surface area (TPSA) is 67.3 Å². The number of para-hydroxylation sites is 2. The van der Waals surface area contributed by atoms with Crippen LogP contribution in [0, 0.1) is 12.3 Å². The van der Waals surface area contributed by atoms with Gasteiger partial charge in [-0.2, -0.15) is 0 Å². The predicted octanol–water partition coefficient (Wildman–Crippen LogP) is 3.63. The molecule has 156 valence electrons. The third-order valence-electron chi connectivity index (χ3n) is 5.01. The fourth-order valence-electron chi connectivity index (χ4n) is 3.45. The average Bonchev–Trinajstić information content (AvgIpc) is 2.77. The second kappa shape index (κ2) is 8.99. The SMILES string of the molecule is C#CCCOc1ccc2c(c1)cc(C(=O)NCCN(C)C)c1nc3ccccc3nc12. The van der Waals surface area contributed by atoms with Crippen molar-refractivity contribution in [3.63, 3.8) is 0 Å². The zero-order chi connectivity index (χ0) is 21.8. The third kappa shape index (κ3) is 4.42. The van der Waals surface area contributed by atoms with Gasteiger partial charge in [-0.1, -0.05) is 12.1 Å². The number of rotatable bonds is 7. The van der Waals surface area contributed by atoms with Crippen LogP contribution in [0.25, 0.3) is 32.8 Å². The number of carbonyl (C=O) groups is 1. The second-order valence-corrected chi connectivity index (χ2v) is 7.58. The number of nitrogens with one attached hydrogen (secondary N) is 1. The summed E-state index contributed by atoms with van der Waals surface area (Å²) in [7, 11) is 3.94. The molecule has 6 heteroatoms. The first kappa shape index (κ1) is 20.6. The number of fused-ring (bicyclic) bond motifs is 4. The van der Waals surface area contributed by atoms with Gasteiger partial charge in [-0.25, -0.2) is 9.97 Å². The Bertz CT molecular complexity index is 1310. The van der Waals surface area contributed by atoms with E-state index in [-0.39, 0.29) is 5.91 Å². The molecule has 1 heterocycles. The highest BCUT2D eigenvalue weighted by Gasteiger charge is 2.17. The van der Waals surface area contributed by atoms with Crippen LogP contribution >= 0.6 is 0 Å². The van der Waals surface area contributed by atoms with Gasteiger partial charge in [0, 0.05) is 24.9 Å². The van der Waals surface area contributed by atoms with E-state index in [1.165, 1.54) is 0 Å². The standard InChI is InChI=1S/C25H24N4O2/c1-4-5-14-31-18-10-11-19-17(15-18)16-20(25(30)26-12-13-29(2)3)24-23(19)27-21-8-6-7-9-22(21)28-24/h1,6-11,15-16H,5,12-14H2,2-3H3,(H,26,30). The quantitative estimate of drug-likeness (QED) is 0.217. The number of likely N-dealkylation sites (N-methyl/N-ethyl adjacent to an activating group) is 1. The van der Waals surface area contributed by atoms with E-state index in [4.69, 9.17) is 21.1 Å². The first-order valence-corrected chi connectivity index (χ1v) is 10.2. The molecule has 0 spiro atoms. The van der Waals surface area contributed by atoms with Crippen molar-refractivity contribution in [3.8, 4) is 18.1 Å². The van der Waals surface area contributed by atoms with E-state index in [9.17, 15) is 4.79 Å². The van der Waals surface area contributed by atoms with Crippen molar-refractivity contribution in [1.82, 2.24) is 20.2 Å². The van der Waals surface area contributed by atoms with Gasteiger partial charge in [-0.15, -0.1) is 12.3 Å². The van der Waals surface area contributed by atoms with Gasteiger partial charge in [0.25, 0.3) is 5.91 Å². The highest BCUT2D eigenvalue weighted by Crippen LogP contribution is 2.30. The molecule has 0 aliphatic rings. The van der Waals surface area contributed by atoms with Crippen LogP contribution in [0.3, 0.4) is 0 Å². The Kier molecular flexibility index (Phi) is 5.96. The van der Waals surface area contributed by atoms with Gasteiger partial charge < -0.3 is 15.0 Å². The van der Waals surface area contributed by atoms with Gasteiger partial charge >= 0.3 is 0 Å². The van der Waals surface area contributed by atoms with Crippen LogP contribution in [0.2, 0.25) is 0 Å². The van der Waals surface area contributed by atoms with Crippen molar-refractivity contribution in [2.24, 2.45) is 0 Å². The Morgan fingerprint density at radius 2 is 1.84 bits per heavy atom. The van der Waals surface area contributed by atoms with E-state index >= 15 is 0 Å². The monoisotopic (exact) mass is 412 g/mol. The average molecular weight is 412 g/mol. The molecular weight excluding hydrogens is 388 g/mol. The Hall–Kier alpha value is -3.69. The van der Waals surface area contributed by atoms with E-state index < -0.39 is 0 Å². The molecule has 0 radical (unpaired) electrons. The molecule has 3 aromatic carbocycles. The van der Waals surface area contributed by atoms with Gasteiger partial charge in [-0.3, -0.25) is 4.79 Å². The lowest BCUT2D eigenvalue weighted by atomic mass is 10.0. The van der Waals surface area contributed by atoms with E-state index in [0.717, 1.165) is 28.4 Å². The molecule has 1 N–H and O–H groups in total. The number of amides is 1. The molecule has 0 fully saturated rings. The summed E-state index contributed by atoms with van der Waals surface area (Å²) in [4.78, 5) is 24.7. The number of nitrogens with zero attached hydrogens (tertiary/aromatic N) is 3. The zero-order valence-electron chi connectivity index (χ0n) is 17.7. The van der Waals surface area contributed by atoms with Crippen LogP contribution < -0.4 is 10.1 Å². The van der Waals surface area contributed by atoms with E-state index in [0.29, 0.717) is 41.9 Å². The number of aromatic nitrogens is 2. The molecule has 0 bridgehead atoms. The van der Waals surface area contributed by atoms with Crippen LogP contribution in [0.1, 0.15) is 16.8 Å². The van der Waals surface area contributed by atoms with Gasteiger partial charge in [0.1, 0.15) is 11.3 Å². The highest BCUT2D eigenvalue weighted by molar-refractivity contribution is 6.15. The molecule has 0 saturated heterocycles. The number of hydrogen-bond acceptors (Lipinski definition) is 5. The maximum atomic E-state index is 13.1. The number of ether oxygens (including phenoxy) is 1. The van der Waals surface area contributed by atoms with E-state index in [1.807, 2.05) is 67.5 Å². The minimum absolute atomic E-state index is 0.169. The van der Waals surface area contributed by atoms with Crippen molar-refractivity contribution in [3.05, 3.63) is 54.1 Å². The first-order chi connectivity index (χ1) is 15.1. The highest BCUT2D eigenvalue weighted by atomic mass is 16.5. The summed E-state index contributed by atoms with van der Waals surface area (Å²) in [5.41, 5.74) is 3.33. The van der Waals surface area contributed by atoms with Gasteiger partial charge in [0.05, 0.1) is 28.7 Å². The molecule has 0 saturated carbocycles. The largest absolute Gasteiger partial charge is 0.493 e. The third-order valence-corrected chi connectivity index (χ3v) is 5.01. The zero-order valence-corrected chi connectivity index (χ0v) is 17.7. The van der Waals surface area contributed by atoms with Crippen LogP contribution in [0.4, 0.5) is 0 Å². The van der Waals surface area contributed by atoms with Gasteiger partial charge in [-0.05, 0) is 55.9 Å². The Balaban J connectivity index is 1.85. The molecule has 1 aromatic heterocycles. The van der Waals surface area contributed by atoms with Crippen molar-refractivity contribution in [2.45, 2.75) is 6.42 Å². The van der Waals surface area contributed by atoms with Crippen LogP contribution in [0.15, 0.2) is 48.5 Å². The number of hydrogen-bond donors (Lipinski definition) is 1. The fourth-order valence-corrected chi connectivity index (χ4v) is 3.45. The summed E-state index contributed by atoms with van der Waals surface area (Å²) in [6, 6.07) is 15.3. The molecule has 31 heavy (non-hydrogen) atoms. The maximum absolute atomic E-state index is 13.1. The van der Waals surface area contributed by atoms with Crippen LogP contribution in [0.5, 0.6) is 5.75 Å². The molecule has 0 atom stereocenters. The number of benzene rings is 3. The van der Waals surface area contributed by atoms with Crippen molar-refractivity contribution < 1.29 is 9.53 Å². The lowest BCUT2D eigenvalue weighted by Gasteiger charge is -2.13. The minimum atomic E-state index is -0.169. The Morgan fingerprint density at radius 3 is 2.55 bits per heavy atom. The maximum Gasteiger partial charge on any atom is 0.253 e. The fraction of sp³-hybridized carbons (Fsp3) is 0.240. The molecule has 0 aliphatic carbocycles. The molecule has 0 unspecified atom stereocenters. The van der Waals surface area contributed by atoms with Crippen LogP contribution in [-0.2, 0) is 0 Å². The number of terminal acetylenes is 1.